The van der Waals surface area contributed by atoms with Gasteiger partial charge in [0.2, 0.25) is 0 Å². The molecule has 2 heterocycles. The van der Waals surface area contributed by atoms with Gasteiger partial charge >= 0.3 is 0 Å². The minimum atomic E-state index is -0.279. The van der Waals surface area contributed by atoms with E-state index in [4.69, 9.17) is 9.47 Å². The molecule has 5 heteroatoms. The highest BCUT2D eigenvalue weighted by Crippen LogP contribution is 2.40. The van der Waals surface area contributed by atoms with Crippen LogP contribution in [0.5, 0.6) is 5.75 Å². The molecule has 2 aliphatic rings. The van der Waals surface area contributed by atoms with Crippen molar-refractivity contribution in [3.8, 4) is 5.75 Å². The number of morpholine rings is 1. The van der Waals surface area contributed by atoms with Crippen LogP contribution < -0.4 is 4.74 Å². The van der Waals surface area contributed by atoms with Crippen LogP contribution in [-0.4, -0.2) is 54.4 Å². The Bertz CT molecular complexity index is 545. The average Bonchev–Trinajstić information content (AvgIpc) is 2.81. The van der Waals surface area contributed by atoms with E-state index in [1.807, 2.05) is 19.1 Å². The van der Waals surface area contributed by atoms with Gasteiger partial charge in [-0.2, -0.15) is 0 Å². The predicted molar refractivity (Wildman–Crippen MR) is 77.7 cm³/mol. The SMILES string of the molecule is CC1Oc2c(C(=O)N3CCOCC3CO)cccc2C1C. The lowest BCUT2D eigenvalue weighted by atomic mass is 9.96. The van der Waals surface area contributed by atoms with Crippen molar-refractivity contribution in [2.75, 3.05) is 26.4 Å². The lowest BCUT2D eigenvalue weighted by molar-refractivity contribution is -0.0185. The Balaban J connectivity index is 1.92. The molecule has 21 heavy (non-hydrogen) atoms. The van der Waals surface area contributed by atoms with Gasteiger partial charge in [-0.15, -0.1) is 0 Å². The molecule has 0 aliphatic carbocycles. The van der Waals surface area contributed by atoms with E-state index >= 15 is 0 Å². The van der Waals surface area contributed by atoms with Crippen LogP contribution in [0.25, 0.3) is 0 Å². The molecule has 0 bridgehead atoms. The monoisotopic (exact) mass is 291 g/mol. The summed E-state index contributed by atoms with van der Waals surface area (Å²) >= 11 is 0. The minimum absolute atomic E-state index is 0.0762. The normalized spacial score (nSPS) is 28.1. The van der Waals surface area contributed by atoms with Crippen molar-refractivity contribution in [2.24, 2.45) is 0 Å². The molecule has 0 saturated carbocycles. The third-order valence-electron chi connectivity index (χ3n) is 4.47. The number of benzene rings is 1. The number of aliphatic hydroxyl groups is 1. The molecule has 0 aromatic heterocycles. The van der Waals surface area contributed by atoms with Gasteiger partial charge < -0.3 is 19.5 Å². The molecule has 1 fully saturated rings. The van der Waals surface area contributed by atoms with Crippen LogP contribution >= 0.6 is 0 Å². The summed E-state index contributed by atoms with van der Waals surface area (Å²) in [4.78, 5) is 14.5. The number of para-hydroxylation sites is 1. The summed E-state index contributed by atoms with van der Waals surface area (Å²) in [6.07, 6.45) is 0.0762. The lowest BCUT2D eigenvalue weighted by Crippen LogP contribution is -2.50. The first kappa shape index (κ1) is 14.4. The number of hydrogen-bond acceptors (Lipinski definition) is 4. The Kier molecular flexibility index (Phi) is 3.87. The van der Waals surface area contributed by atoms with Crippen LogP contribution in [0.1, 0.15) is 35.7 Å². The number of carbonyl (C=O) groups excluding carboxylic acids is 1. The maximum absolute atomic E-state index is 12.8. The highest BCUT2D eigenvalue weighted by atomic mass is 16.5. The summed E-state index contributed by atoms with van der Waals surface area (Å²) < 4.78 is 11.2. The first-order valence-corrected chi connectivity index (χ1v) is 7.42. The zero-order valence-corrected chi connectivity index (χ0v) is 12.4. The second-order valence-corrected chi connectivity index (χ2v) is 5.75. The van der Waals surface area contributed by atoms with Crippen molar-refractivity contribution in [1.82, 2.24) is 4.90 Å². The predicted octanol–water partition coefficient (Wildman–Crippen LogP) is 1.40. The number of hydrogen-bond donors (Lipinski definition) is 1. The zero-order chi connectivity index (χ0) is 15.0. The van der Waals surface area contributed by atoms with Gasteiger partial charge in [0.1, 0.15) is 11.9 Å². The third-order valence-corrected chi connectivity index (χ3v) is 4.47. The maximum atomic E-state index is 12.8. The van der Waals surface area contributed by atoms with Gasteiger partial charge in [0.05, 0.1) is 31.4 Å². The van der Waals surface area contributed by atoms with Crippen LogP contribution in [0.2, 0.25) is 0 Å². The largest absolute Gasteiger partial charge is 0.489 e. The number of ether oxygens (including phenoxy) is 2. The van der Waals surface area contributed by atoms with Gasteiger partial charge in [0, 0.05) is 18.0 Å². The number of carbonyl (C=O) groups is 1. The number of fused-ring (bicyclic) bond motifs is 1. The molecule has 3 atom stereocenters. The van der Waals surface area contributed by atoms with Gasteiger partial charge in [0.25, 0.3) is 5.91 Å². The van der Waals surface area contributed by atoms with Crippen molar-refractivity contribution < 1.29 is 19.4 Å². The topological polar surface area (TPSA) is 59.0 Å². The smallest absolute Gasteiger partial charge is 0.258 e. The van der Waals surface area contributed by atoms with Gasteiger partial charge in [-0.3, -0.25) is 4.79 Å². The number of rotatable bonds is 2. The fraction of sp³-hybridized carbons (Fsp3) is 0.562. The third kappa shape index (κ3) is 2.40. The highest BCUT2D eigenvalue weighted by Gasteiger charge is 2.34. The average molecular weight is 291 g/mol. The molecule has 1 saturated heterocycles. The Labute approximate surface area is 124 Å². The molecule has 5 nitrogen and oxygen atoms in total. The second-order valence-electron chi connectivity index (χ2n) is 5.75. The molecule has 1 aromatic carbocycles. The standard InChI is InChI=1S/C16H21NO4/c1-10-11(2)21-15-13(10)4-3-5-14(15)16(19)17-6-7-20-9-12(17)8-18/h3-5,10-12,18H,6-9H2,1-2H3. The molecule has 3 unspecified atom stereocenters. The van der Waals surface area contributed by atoms with Gasteiger partial charge in [-0.05, 0) is 13.0 Å². The second kappa shape index (κ2) is 5.66. The summed E-state index contributed by atoms with van der Waals surface area (Å²) in [5.41, 5.74) is 1.67. The number of amides is 1. The molecule has 1 aromatic rings. The van der Waals surface area contributed by atoms with Gasteiger partial charge in [-0.1, -0.05) is 19.1 Å². The fourth-order valence-corrected chi connectivity index (χ4v) is 2.98. The number of aliphatic hydroxyl groups excluding tert-OH is 1. The van der Waals surface area contributed by atoms with Crippen molar-refractivity contribution >= 4 is 5.91 Å². The van der Waals surface area contributed by atoms with E-state index in [-0.39, 0.29) is 30.6 Å². The molecular weight excluding hydrogens is 270 g/mol. The first-order valence-electron chi connectivity index (χ1n) is 7.42. The van der Waals surface area contributed by atoms with E-state index in [9.17, 15) is 9.90 Å². The molecule has 1 N–H and O–H groups in total. The van der Waals surface area contributed by atoms with Crippen LogP contribution in [0.4, 0.5) is 0 Å². The van der Waals surface area contributed by atoms with E-state index in [0.717, 1.165) is 5.56 Å². The van der Waals surface area contributed by atoms with Crippen molar-refractivity contribution in [1.29, 1.82) is 0 Å². The van der Waals surface area contributed by atoms with E-state index in [0.29, 0.717) is 31.1 Å². The number of nitrogens with zero attached hydrogens (tertiary/aromatic N) is 1. The van der Waals surface area contributed by atoms with Crippen LogP contribution in [0.15, 0.2) is 18.2 Å². The molecule has 0 radical (unpaired) electrons. The summed E-state index contributed by atoms with van der Waals surface area (Å²) in [6, 6.07) is 5.44. The van der Waals surface area contributed by atoms with E-state index < -0.39 is 0 Å². The Hall–Kier alpha value is -1.59. The lowest BCUT2D eigenvalue weighted by Gasteiger charge is -2.34. The van der Waals surface area contributed by atoms with Crippen LogP contribution in [0, 0.1) is 0 Å². The Morgan fingerprint density at radius 1 is 1.43 bits per heavy atom. The highest BCUT2D eigenvalue weighted by molar-refractivity contribution is 5.98. The molecule has 0 spiro atoms. The summed E-state index contributed by atoms with van der Waals surface area (Å²) in [6.45, 7) is 5.42. The molecule has 114 valence electrons. The first-order chi connectivity index (χ1) is 10.1. The van der Waals surface area contributed by atoms with E-state index in [1.54, 1.807) is 11.0 Å². The van der Waals surface area contributed by atoms with Gasteiger partial charge in [-0.25, -0.2) is 0 Å². The fourth-order valence-electron chi connectivity index (χ4n) is 2.98. The van der Waals surface area contributed by atoms with Crippen LogP contribution in [-0.2, 0) is 4.74 Å². The quantitative estimate of drug-likeness (QED) is 0.895. The summed E-state index contributed by atoms with van der Waals surface area (Å²) in [5, 5.41) is 9.43. The maximum Gasteiger partial charge on any atom is 0.258 e. The molecule has 3 rings (SSSR count). The molecule has 1 amide bonds. The summed E-state index contributed by atoms with van der Waals surface area (Å²) in [7, 11) is 0. The van der Waals surface area contributed by atoms with Crippen LogP contribution in [0.3, 0.4) is 0 Å². The van der Waals surface area contributed by atoms with Crippen molar-refractivity contribution in [2.45, 2.75) is 31.9 Å². The molecule has 2 aliphatic heterocycles. The van der Waals surface area contributed by atoms with E-state index in [2.05, 4.69) is 6.92 Å². The van der Waals surface area contributed by atoms with Crippen molar-refractivity contribution in [3.05, 3.63) is 29.3 Å². The Morgan fingerprint density at radius 2 is 2.24 bits per heavy atom. The van der Waals surface area contributed by atoms with E-state index in [1.165, 1.54) is 0 Å². The van der Waals surface area contributed by atoms with Gasteiger partial charge in [0.15, 0.2) is 0 Å². The van der Waals surface area contributed by atoms with Crippen molar-refractivity contribution in [3.63, 3.8) is 0 Å². The summed E-state index contributed by atoms with van der Waals surface area (Å²) in [5.74, 6) is 0.896. The molecular formula is C16H21NO4. The minimum Gasteiger partial charge on any atom is -0.489 e. The Morgan fingerprint density at radius 3 is 3.00 bits per heavy atom. The zero-order valence-electron chi connectivity index (χ0n) is 12.4.